The van der Waals surface area contributed by atoms with Crippen LogP contribution in [0.4, 0.5) is 13.2 Å². The summed E-state index contributed by atoms with van der Waals surface area (Å²) >= 11 is 0. The minimum atomic E-state index is -3.14. The smallest absolute Gasteiger partial charge is 0.238 e. The van der Waals surface area contributed by atoms with Crippen molar-refractivity contribution >= 4 is 0 Å². The van der Waals surface area contributed by atoms with E-state index in [4.69, 9.17) is 0 Å². The van der Waals surface area contributed by atoms with E-state index in [9.17, 15) is 13.2 Å². The molecule has 1 rings (SSSR count). The molecular weight excluding hydrogens is 177 g/mol. The van der Waals surface area contributed by atoms with Gasteiger partial charge in [0.15, 0.2) is 5.67 Å². The first-order chi connectivity index (χ1) is 5.76. The molecule has 0 bridgehead atoms. The summed E-state index contributed by atoms with van der Waals surface area (Å²) in [6.45, 7) is 4.85. The second kappa shape index (κ2) is 3.18. The molecule has 0 saturated heterocycles. The van der Waals surface area contributed by atoms with Crippen molar-refractivity contribution in [2.24, 2.45) is 11.8 Å². The lowest BCUT2D eigenvalue weighted by atomic mass is 9.74. The highest BCUT2D eigenvalue weighted by molar-refractivity contribution is 4.96. The highest BCUT2D eigenvalue weighted by Crippen LogP contribution is 2.48. The van der Waals surface area contributed by atoms with Crippen LogP contribution in [0.25, 0.3) is 0 Å². The third-order valence-corrected chi connectivity index (χ3v) is 3.21. The van der Waals surface area contributed by atoms with Crippen molar-refractivity contribution < 1.29 is 13.2 Å². The molecule has 0 aromatic rings. The minimum Gasteiger partial charge on any atom is -0.238 e. The molecular formula is C10H17F3. The standard InChI is InChI=1S/C10H17F3/c1-7(2)8-4-5-9(3,11)10(12,13)6-8/h7-8H,4-6H2,1-3H3. The van der Waals surface area contributed by atoms with Gasteiger partial charge in [0, 0.05) is 6.42 Å². The molecule has 1 aliphatic carbocycles. The zero-order valence-corrected chi connectivity index (χ0v) is 8.41. The van der Waals surface area contributed by atoms with Crippen molar-refractivity contribution in [3.05, 3.63) is 0 Å². The molecule has 0 nitrogen and oxygen atoms in total. The lowest BCUT2D eigenvalue weighted by molar-refractivity contribution is -0.169. The molecule has 0 radical (unpaired) electrons. The molecule has 2 unspecified atom stereocenters. The second-order valence-electron chi connectivity index (χ2n) is 4.65. The monoisotopic (exact) mass is 194 g/mol. The van der Waals surface area contributed by atoms with E-state index in [0.717, 1.165) is 6.92 Å². The minimum absolute atomic E-state index is 0.0111. The van der Waals surface area contributed by atoms with E-state index in [2.05, 4.69) is 0 Å². The molecule has 3 heteroatoms. The average Bonchev–Trinajstić information content (AvgIpc) is 1.94. The Labute approximate surface area is 77.5 Å². The molecule has 0 amide bonds. The molecule has 13 heavy (non-hydrogen) atoms. The van der Waals surface area contributed by atoms with Crippen molar-refractivity contribution in [2.75, 3.05) is 0 Å². The van der Waals surface area contributed by atoms with Crippen LogP contribution in [0.2, 0.25) is 0 Å². The van der Waals surface area contributed by atoms with Crippen LogP contribution in [0.3, 0.4) is 0 Å². The van der Waals surface area contributed by atoms with Gasteiger partial charge in [-0.25, -0.2) is 13.2 Å². The molecule has 0 aromatic heterocycles. The molecule has 0 aliphatic heterocycles. The fourth-order valence-electron chi connectivity index (χ4n) is 1.85. The van der Waals surface area contributed by atoms with Crippen LogP contribution < -0.4 is 0 Å². The topological polar surface area (TPSA) is 0 Å². The summed E-state index contributed by atoms with van der Waals surface area (Å²) in [5.74, 6) is -2.94. The van der Waals surface area contributed by atoms with E-state index in [-0.39, 0.29) is 24.7 Å². The normalized spacial score (nSPS) is 39.5. The first-order valence-electron chi connectivity index (χ1n) is 4.83. The van der Waals surface area contributed by atoms with E-state index in [1.807, 2.05) is 13.8 Å². The first kappa shape index (κ1) is 10.9. The predicted molar refractivity (Wildman–Crippen MR) is 46.6 cm³/mol. The van der Waals surface area contributed by atoms with Crippen molar-refractivity contribution in [1.29, 1.82) is 0 Å². The zero-order chi connectivity index (χ0) is 10.3. The molecule has 2 atom stereocenters. The van der Waals surface area contributed by atoms with Gasteiger partial charge < -0.3 is 0 Å². The molecule has 78 valence electrons. The van der Waals surface area contributed by atoms with Gasteiger partial charge in [0.2, 0.25) is 0 Å². The lowest BCUT2D eigenvalue weighted by Crippen LogP contribution is -2.47. The maximum Gasteiger partial charge on any atom is 0.281 e. The molecule has 1 fully saturated rings. The summed E-state index contributed by atoms with van der Waals surface area (Å²) < 4.78 is 39.8. The molecule has 0 heterocycles. The Balaban J connectivity index is 2.71. The molecule has 1 saturated carbocycles. The summed E-state index contributed by atoms with van der Waals surface area (Å²) in [5, 5.41) is 0. The number of hydrogen-bond acceptors (Lipinski definition) is 0. The van der Waals surface area contributed by atoms with Gasteiger partial charge in [0.05, 0.1) is 0 Å². The van der Waals surface area contributed by atoms with Gasteiger partial charge in [-0.3, -0.25) is 0 Å². The average molecular weight is 194 g/mol. The van der Waals surface area contributed by atoms with Crippen molar-refractivity contribution in [1.82, 2.24) is 0 Å². The zero-order valence-electron chi connectivity index (χ0n) is 8.41. The Morgan fingerprint density at radius 1 is 1.23 bits per heavy atom. The van der Waals surface area contributed by atoms with Crippen LogP contribution in [-0.4, -0.2) is 11.6 Å². The number of hydrogen-bond donors (Lipinski definition) is 0. The van der Waals surface area contributed by atoms with Crippen LogP contribution >= 0.6 is 0 Å². The van der Waals surface area contributed by atoms with E-state index in [0.29, 0.717) is 6.42 Å². The van der Waals surface area contributed by atoms with Gasteiger partial charge in [-0.1, -0.05) is 13.8 Å². The summed E-state index contributed by atoms with van der Waals surface area (Å²) in [7, 11) is 0. The molecule has 1 aliphatic rings. The van der Waals surface area contributed by atoms with Gasteiger partial charge in [0.1, 0.15) is 0 Å². The number of rotatable bonds is 1. The van der Waals surface area contributed by atoms with Crippen molar-refractivity contribution in [3.63, 3.8) is 0 Å². The van der Waals surface area contributed by atoms with Crippen LogP contribution in [0.1, 0.15) is 40.0 Å². The Kier molecular flexibility index (Phi) is 2.65. The van der Waals surface area contributed by atoms with Crippen molar-refractivity contribution in [2.45, 2.75) is 51.6 Å². The highest BCUT2D eigenvalue weighted by Gasteiger charge is 2.55. The van der Waals surface area contributed by atoms with Gasteiger partial charge >= 0.3 is 0 Å². The molecule has 0 N–H and O–H groups in total. The maximum absolute atomic E-state index is 13.3. The largest absolute Gasteiger partial charge is 0.281 e. The Hall–Kier alpha value is -0.210. The van der Waals surface area contributed by atoms with E-state index in [1.54, 1.807) is 0 Å². The van der Waals surface area contributed by atoms with E-state index in [1.165, 1.54) is 0 Å². The van der Waals surface area contributed by atoms with Crippen molar-refractivity contribution in [3.8, 4) is 0 Å². The highest BCUT2D eigenvalue weighted by atomic mass is 19.3. The van der Waals surface area contributed by atoms with Crippen LogP contribution in [0, 0.1) is 11.8 Å². The third-order valence-electron chi connectivity index (χ3n) is 3.21. The molecule has 0 aromatic carbocycles. The van der Waals surface area contributed by atoms with Gasteiger partial charge in [-0.05, 0) is 31.6 Å². The fourth-order valence-corrected chi connectivity index (χ4v) is 1.85. The lowest BCUT2D eigenvalue weighted by Gasteiger charge is -2.40. The SMILES string of the molecule is CC(C)C1CCC(C)(F)C(F)(F)C1. The maximum atomic E-state index is 13.3. The van der Waals surface area contributed by atoms with Gasteiger partial charge in [-0.2, -0.15) is 0 Å². The number of halogens is 3. The summed E-state index contributed by atoms with van der Waals surface area (Å²) in [6, 6.07) is 0. The Bertz CT molecular complexity index is 185. The number of alkyl halides is 3. The molecule has 0 spiro atoms. The fraction of sp³-hybridized carbons (Fsp3) is 1.00. The summed E-state index contributed by atoms with van der Waals surface area (Å²) in [6.07, 6.45) is 0.279. The van der Waals surface area contributed by atoms with Gasteiger partial charge in [0.25, 0.3) is 5.92 Å². The summed E-state index contributed by atoms with van der Waals surface area (Å²) in [5.41, 5.74) is -2.29. The van der Waals surface area contributed by atoms with Crippen LogP contribution in [0.15, 0.2) is 0 Å². The quantitative estimate of drug-likeness (QED) is 0.595. The van der Waals surface area contributed by atoms with E-state index >= 15 is 0 Å². The van der Waals surface area contributed by atoms with E-state index < -0.39 is 11.6 Å². The van der Waals surface area contributed by atoms with Crippen LogP contribution in [-0.2, 0) is 0 Å². The van der Waals surface area contributed by atoms with Crippen LogP contribution in [0.5, 0.6) is 0 Å². The second-order valence-corrected chi connectivity index (χ2v) is 4.65. The Morgan fingerprint density at radius 2 is 1.77 bits per heavy atom. The summed E-state index contributed by atoms with van der Waals surface area (Å²) in [4.78, 5) is 0. The third kappa shape index (κ3) is 2.00. The predicted octanol–water partition coefficient (Wildman–Crippen LogP) is 3.81. The van der Waals surface area contributed by atoms with Gasteiger partial charge in [-0.15, -0.1) is 0 Å². The Morgan fingerprint density at radius 3 is 2.15 bits per heavy atom. The first-order valence-corrected chi connectivity index (χ1v) is 4.83.